The molecule has 3 unspecified atom stereocenters. The molecule has 0 aromatic carbocycles. The molecule has 0 spiro atoms. The molecule has 0 amide bonds. The van der Waals surface area contributed by atoms with Gasteiger partial charge in [0.1, 0.15) is 6.10 Å². The Morgan fingerprint density at radius 2 is 1.50 bits per heavy atom. The number of carbonyl (C=O) groups is 1. The van der Waals surface area contributed by atoms with Gasteiger partial charge in [0, 0.05) is 6.42 Å². The lowest BCUT2D eigenvalue weighted by Crippen LogP contribution is -2.16. The van der Waals surface area contributed by atoms with Crippen LogP contribution in [0.25, 0.3) is 0 Å². The van der Waals surface area contributed by atoms with E-state index in [0.29, 0.717) is 6.10 Å². The van der Waals surface area contributed by atoms with Crippen molar-refractivity contribution in [3.05, 3.63) is 0 Å². The molecule has 0 bridgehead atoms. The largest absolute Gasteiger partial charge is 0.481 e. The quantitative estimate of drug-likeness (QED) is 0.286. The minimum absolute atomic E-state index is 0.0937. The molecule has 2 N–H and O–H groups in total. The van der Waals surface area contributed by atoms with Crippen molar-refractivity contribution < 1.29 is 19.7 Å². The summed E-state index contributed by atoms with van der Waals surface area (Å²) in [6, 6.07) is 0. The van der Waals surface area contributed by atoms with Gasteiger partial charge in [0.2, 0.25) is 0 Å². The molecule has 4 nitrogen and oxygen atoms in total. The van der Waals surface area contributed by atoms with E-state index in [-0.39, 0.29) is 18.6 Å². The zero-order valence-electron chi connectivity index (χ0n) is 15.5. The number of aliphatic carboxylic acids is 1. The summed E-state index contributed by atoms with van der Waals surface area (Å²) in [7, 11) is 0. The van der Waals surface area contributed by atoms with Crippen LogP contribution >= 0.6 is 0 Å². The van der Waals surface area contributed by atoms with Crippen LogP contribution in [0, 0.1) is 0 Å². The zero-order valence-corrected chi connectivity index (χ0v) is 15.5. The van der Waals surface area contributed by atoms with Crippen molar-refractivity contribution in [1.82, 2.24) is 0 Å². The molecule has 1 aliphatic rings. The predicted octanol–water partition coefficient (Wildman–Crippen LogP) is 5.07. The fourth-order valence-corrected chi connectivity index (χ4v) is 3.35. The molecule has 1 saturated heterocycles. The molecular formula is C20H38O4. The summed E-state index contributed by atoms with van der Waals surface area (Å²) in [5, 5.41) is 18.7. The van der Waals surface area contributed by atoms with E-state index in [9.17, 15) is 9.90 Å². The summed E-state index contributed by atoms with van der Waals surface area (Å²) in [6.45, 7) is 2.24. The fourth-order valence-electron chi connectivity index (χ4n) is 3.35. The summed E-state index contributed by atoms with van der Waals surface area (Å²) in [5.74, 6) is -0.696. The topological polar surface area (TPSA) is 70.1 Å². The second-order valence-corrected chi connectivity index (χ2v) is 7.32. The maximum absolute atomic E-state index is 10.4. The van der Waals surface area contributed by atoms with E-state index in [1.807, 2.05) is 0 Å². The van der Waals surface area contributed by atoms with Crippen LogP contribution in [0.1, 0.15) is 103 Å². The standard InChI is InChI=1S/C20H38O4/c1-2-3-4-5-9-12-15-18-20(24-18)17(21)14-11-8-6-7-10-13-16-19(22)23/h17-18,20-21H,2-16H2,1H3,(H,22,23). The third kappa shape index (κ3) is 11.0. The van der Waals surface area contributed by atoms with Crippen LogP contribution in [0.5, 0.6) is 0 Å². The first-order valence-corrected chi connectivity index (χ1v) is 10.2. The van der Waals surface area contributed by atoms with Crippen molar-refractivity contribution in [2.45, 2.75) is 122 Å². The van der Waals surface area contributed by atoms with E-state index in [1.165, 1.54) is 38.5 Å². The summed E-state index contributed by atoms with van der Waals surface area (Å²) >= 11 is 0. The van der Waals surface area contributed by atoms with Gasteiger partial charge in [-0.1, -0.05) is 77.6 Å². The van der Waals surface area contributed by atoms with Gasteiger partial charge < -0.3 is 14.9 Å². The normalized spacial score (nSPS) is 20.9. The van der Waals surface area contributed by atoms with Gasteiger partial charge >= 0.3 is 5.97 Å². The number of carboxylic acid groups (broad SMARTS) is 1. The lowest BCUT2D eigenvalue weighted by Gasteiger charge is -2.07. The Labute approximate surface area is 148 Å². The number of ether oxygens (including phenoxy) is 1. The SMILES string of the molecule is CCCCCCCCC1OC1C(O)CCCCCCCCC(=O)O. The first-order valence-electron chi connectivity index (χ1n) is 10.2. The molecular weight excluding hydrogens is 304 g/mol. The molecule has 1 aliphatic heterocycles. The lowest BCUT2D eigenvalue weighted by atomic mass is 10.0. The number of unbranched alkanes of at least 4 members (excludes halogenated alkanes) is 10. The van der Waals surface area contributed by atoms with E-state index in [0.717, 1.165) is 51.4 Å². The molecule has 1 fully saturated rings. The molecule has 4 heteroatoms. The van der Waals surface area contributed by atoms with Crippen molar-refractivity contribution in [3.63, 3.8) is 0 Å². The monoisotopic (exact) mass is 342 g/mol. The van der Waals surface area contributed by atoms with Gasteiger partial charge in [0.05, 0.1) is 12.2 Å². The summed E-state index contributed by atoms with van der Waals surface area (Å²) in [6.07, 6.45) is 16.4. The van der Waals surface area contributed by atoms with Crippen molar-refractivity contribution in [1.29, 1.82) is 0 Å². The van der Waals surface area contributed by atoms with Crippen LogP contribution in [0.15, 0.2) is 0 Å². The maximum Gasteiger partial charge on any atom is 0.303 e. The van der Waals surface area contributed by atoms with Crippen LogP contribution in [-0.2, 0) is 9.53 Å². The number of carboxylic acids is 1. The average Bonchev–Trinajstić information content (AvgIpc) is 3.32. The van der Waals surface area contributed by atoms with Crippen LogP contribution < -0.4 is 0 Å². The van der Waals surface area contributed by atoms with Gasteiger partial charge in [0.25, 0.3) is 0 Å². The maximum atomic E-state index is 10.4. The first-order chi connectivity index (χ1) is 11.6. The van der Waals surface area contributed by atoms with Crippen LogP contribution in [-0.4, -0.2) is 34.5 Å². The van der Waals surface area contributed by atoms with Crippen LogP contribution in [0.3, 0.4) is 0 Å². The molecule has 24 heavy (non-hydrogen) atoms. The smallest absolute Gasteiger partial charge is 0.303 e. The highest BCUT2D eigenvalue weighted by Crippen LogP contribution is 2.32. The zero-order chi connectivity index (χ0) is 17.6. The van der Waals surface area contributed by atoms with Crippen molar-refractivity contribution in [3.8, 4) is 0 Å². The Kier molecular flexibility index (Phi) is 12.2. The van der Waals surface area contributed by atoms with E-state index in [2.05, 4.69) is 6.92 Å². The van der Waals surface area contributed by atoms with Gasteiger partial charge in [0.15, 0.2) is 0 Å². The number of aliphatic hydroxyl groups is 1. The average molecular weight is 343 g/mol. The molecule has 1 rings (SSSR count). The highest BCUT2D eigenvalue weighted by Gasteiger charge is 2.42. The van der Waals surface area contributed by atoms with Gasteiger partial charge in [-0.05, 0) is 19.3 Å². The Bertz CT molecular complexity index is 319. The number of hydrogen-bond donors (Lipinski definition) is 2. The molecule has 3 atom stereocenters. The van der Waals surface area contributed by atoms with E-state index in [1.54, 1.807) is 0 Å². The molecule has 1 heterocycles. The van der Waals surface area contributed by atoms with E-state index >= 15 is 0 Å². The van der Waals surface area contributed by atoms with Gasteiger partial charge in [-0.2, -0.15) is 0 Å². The highest BCUT2D eigenvalue weighted by atomic mass is 16.6. The Morgan fingerprint density at radius 3 is 2.17 bits per heavy atom. The highest BCUT2D eigenvalue weighted by molar-refractivity contribution is 5.66. The molecule has 0 aromatic rings. The third-order valence-corrected chi connectivity index (χ3v) is 4.98. The minimum Gasteiger partial charge on any atom is -0.481 e. The molecule has 0 saturated carbocycles. The summed E-state index contributed by atoms with van der Waals surface area (Å²) in [4.78, 5) is 10.4. The van der Waals surface area contributed by atoms with Crippen LogP contribution in [0.4, 0.5) is 0 Å². The number of hydrogen-bond acceptors (Lipinski definition) is 3. The van der Waals surface area contributed by atoms with Crippen molar-refractivity contribution in [2.24, 2.45) is 0 Å². The van der Waals surface area contributed by atoms with Gasteiger partial charge in [-0.3, -0.25) is 4.79 Å². The van der Waals surface area contributed by atoms with Crippen molar-refractivity contribution in [2.75, 3.05) is 0 Å². The lowest BCUT2D eigenvalue weighted by molar-refractivity contribution is -0.137. The van der Waals surface area contributed by atoms with Crippen LogP contribution in [0.2, 0.25) is 0 Å². The number of rotatable bonds is 17. The molecule has 0 aromatic heterocycles. The number of epoxide rings is 1. The minimum atomic E-state index is -0.696. The summed E-state index contributed by atoms with van der Waals surface area (Å²) in [5.41, 5.74) is 0. The van der Waals surface area contributed by atoms with Gasteiger partial charge in [-0.25, -0.2) is 0 Å². The fraction of sp³-hybridized carbons (Fsp3) is 0.950. The Balaban J connectivity index is 1.85. The number of aliphatic hydroxyl groups excluding tert-OH is 1. The summed E-state index contributed by atoms with van der Waals surface area (Å²) < 4.78 is 5.63. The third-order valence-electron chi connectivity index (χ3n) is 4.98. The van der Waals surface area contributed by atoms with Crippen molar-refractivity contribution >= 4 is 5.97 Å². The van der Waals surface area contributed by atoms with E-state index < -0.39 is 5.97 Å². The second-order valence-electron chi connectivity index (χ2n) is 7.32. The molecule has 0 aliphatic carbocycles. The molecule has 142 valence electrons. The predicted molar refractivity (Wildman–Crippen MR) is 97.2 cm³/mol. The van der Waals surface area contributed by atoms with Gasteiger partial charge in [-0.15, -0.1) is 0 Å². The first kappa shape index (κ1) is 21.4. The Morgan fingerprint density at radius 1 is 0.917 bits per heavy atom. The van der Waals surface area contributed by atoms with E-state index in [4.69, 9.17) is 9.84 Å². The second kappa shape index (κ2) is 13.7. The Hall–Kier alpha value is -0.610. The molecule has 0 radical (unpaired) electrons.